The molecule has 0 spiro atoms. The molecule has 1 aliphatic rings. The van der Waals surface area contributed by atoms with Crippen LogP contribution in [0.5, 0.6) is 0 Å². The van der Waals surface area contributed by atoms with Crippen LogP contribution in [0.3, 0.4) is 0 Å². The SMILES string of the molecule is CCNCc1cccc(NC(=O)c2ccc(C3SCCCS3)cc2)c1. The number of hydrogen-bond donors (Lipinski definition) is 2. The third kappa shape index (κ3) is 5.27. The zero-order valence-electron chi connectivity index (χ0n) is 14.5. The standard InChI is InChI=1S/C20H24N2OS2/c1-2-21-14-15-5-3-6-18(13-15)22-19(23)16-7-9-17(10-8-16)20-24-11-4-12-25-20/h3,5-10,13,20-21H,2,4,11-12,14H2,1H3,(H,22,23). The summed E-state index contributed by atoms with van der Waals surface area (Å²) in [5.41, 5.74) is 4.01. The van der Waals surface area contributed by atoms with Crippen LogP contribution in [0.2, 0.25) is 0 Å². The van der Waals surface area contributed by atoms with Gasteiger partial charge in [-0.3, -0.25) is 4.79 Å². The molecule has 1 saturated heterocycles. The molecule has 0 saturated carbocycles. The maximum absolute atomic E-state index is 12.5. The molecule has 1 fully saturated rings. The third-order valence-electron chi connectivity index (χ3n) is 4.04. The number of hydrogen-bond acceptors (Lipinski definition) is 4. The van der Waals surface area contributed by atoms with Gasteiger partial charge in [-0.15, -0.1) is 23.5 Å². The highest BCUT2D eigenvalue weighted by Gasteiger charge is 2.17. The molecule has 2 aromatic rings. The van der Waals surface area contributed by atoms with E-state index in [1.807, 2.05) is 53.9 Å². The number of carbonyl (C=O) groups excluding carboxylic acids is 1. The fourth-order valence-corrected chi connectivity index (χ4v) is 5.60. The maximum Gasteiger partial charge on any atom is 0.255 e. The zero-order valence-corrected chi connectivity index (χ0v) is 16.1. The Morgan fingerprint density at radius 1 is 1.12 bits per heavy atom. The van der Waals surface area contributed by atoms with E-state index >= 15 is 0 Å². The first-order valence-electron chi connectivity index (χ1n) is 8.70. The van der Waals surface area contributed by atoms with Crippen molar-refractivity contribution in [1.29, 1.82) is 0 Å². The van der Waals surface area contributed by atoms with Gasteiger partial charge in [-0.1, -0.05) is 31.2 Å². The van der Waals surface area contributed by atoms with Gasteiger partial charge in [0, 0.05) is 17.8 Å². The molecule has 0 unspecified atom stereocenters. The van der Waals surface area contributed by atoms with Crippen LogP contribution in [0.25, 0.3) is 0 Å². The number of carbonyl (C=O) groups is 1. The lowest BCUT2D eigenvalue weighted by Gasteiger charge is -2.21. The number of thioether (sulfide) groups is 2. The van der Waals surface area contributed by atoms with Gasteiger partial charge in [0.2, 0.25) is 0 Å². The Kier molecular flexibility index (Phi) is 6.84. The summed E-state index contributed by atoms with van der Waals surface area (Å²) < 4.78 is 0.508. The minimum atomic E-state index is -0.0592. The molecule has 25 heavy (non-hydrogen) atoms. The number of anilines is 1. The van der Waals surface area contributed by atoms with Gasteiger partial charge in [0.05, 0.1) is 4.58 Å². The average molecular weight is 373 g/mol. The first-order chi connectivity index (χ1) is 12.3. The molecule has 0 aromatic heterocycles. The highest BCUT2D eigenvalue weighted by Crippen LogP contribution is 2.43. The van der Waals surface area contributed by atoms with Gasteiger partial charge in [-0.25, -0.2) is 0 Å². The van der Waals surface area contributed by atoms with Crippen molar-refractivity contribution >= 4 is 35.1 Å². The van der Waals surface area contributed by atoms with Crippen molar-refractivity contribution in [3.05, 3.63) is 65.2 Å². The highest BCUT2D eigenvalue weighted by molar-refractivity contribution is 8.16. The van der Waals surface area contributed by atoms with Gasteiger partial charge in [0.25, 0.3) is 5.91 Å². The van der Waals surface area contributed by atoms with Gasteiger partial charge in [-0.05, 0) is 59.9 Å². The summed E-state index contributed by atoms with van der Waals surface area (Å²) in [6, 6.07) is 16.0. The van der Waals surface area contributed by atoms with E-state index in [9.17, 15) is 4.79 Å². The lowest BCUT2D eigenvalue weighted by Crippen LogP contribution is -2.14. The van der Waals surface area contributed by atoms with Crippen LogP contribution in [0.15, 0.2) is 48.5 Å². The van der Waals surface area contributed by atoms with Crippen molar-refractivity contribution in [3.63, 3.8) is 0 Å². The van der Waals surface area contributed by atoms with Crippen molar-refractivity contribution in [2.45, 2.75) is 24.5 Å². The van der Waals surface area contributed by atoms with Crippen LogP contribution >= 0.6 is 23.5 Å². The Bertz CT molecular complexity index is 697. The lowest BCUT2D eigenvalue weighted by atomic mass is 10.1. The quantitative estimate of drug-likeness (QED) is 0.755. The van der Waals surface area contributed by atoms with Crippen molar-refractivity contribution in [2.75, 3.05) is 23.4 Å². The van der Waals surface area contributed by atoms with Crippen molar-refractivity contribution in [2.24, 2.45) is 0 Å². The minimum absolute atomic E-state index is 0.0592. The molecule has 0 radical (unpaired) electrons. The molecule has 1 amide bonds. The molecule has 1 aliphatic heterocycles. The molecule has 5 heteroatoms. The van der Waals surface area contributed by atoms with Gasteiger partial charge in [0.15, 0.2) is 0 Å². The Labute approximate surface area is 158 Å². The van der Waals surface area contributed by atoms with E-state index in [-0.39, 0.29) is 5.91 Å². The molecule has 3 nitrogen and oxygen atoms in total. The number of amides is 1. The van der Waals surface area contributed by atoms with Crippen molar-refractivity contribution < 1.29 is 4.79 Å². The molecule has 0 bridgehead atoms. The Hall–Kier alpha value is -1.43. The summed E-state index contributed by atoms with van der Waals surface area (Å²) in [7, 11) is 0. The third-order valence-corrected chi connectivity index (χ3v) is 7.05. The predicted octanol–water partition coefficient (Wildman–Crippen LogP) is 4.92. The first-order valence-corrected chi connectivity index (χ1v) is 10.8. The van der Waals surface area contributed by atoms with E-state index < -0.39 is 0 Å². The Morgan fingerprint density at radius 2 is 1.88 bits per heavy atom. The zero-order chi connectivity index (χ0) is 17.5. The Morgan fingerprint density at radius 3 is 2.60 bits per heavy atom. The maximum atomic E-state index is 12.5. The summed E-state index contributed by atoms with van der Waals surface area (Å²) in [4.78, 5) is 12.5. The second-order valence-corrected chi connectivity index (χ2v) is 8.71. The summed E-state index contributed by atoms with van der Waals surface area (Å²) >= 11 is 4.00. The molecule has 2 N–H and O–H groups in total. The van der Waals surface area contributed by atoms with E-state index in [1.165, 1.54) is 29.1 Å². The largest absolute Gasteiger partial charge is 0.322 e. The van der Waals surface area contributed by atoms with E-state index in [0.717, 1.165) is 18.8 Å². The van der Waals surface area contributed by atoms with Gasteiger partial charge in [-0.2, -0.15) is 0 Å². The predicted molar refractivity (Wildman–Crippen MR) is 110 cm³/mol. The van der Waals surface area contributed by atoms with Crippen molar-refractivity contribution in [3.8, 4) is 0 Å². The Balaban J connectivity index is 1.63. The monoisotopic (exact) mass is 372 g/mol. The van der Waals surface area contributed by atoms with Gasteiger partial charge < -0.3 is 10.6 Å². The molecule has 0 aliphatic carbocycles. The fraction of sp³-hybridized carbons (Fsp3) is 0.350. The van der Waals surface area contributed by atoms with Gasteiger partial charge >= 0.3 is 0 Å². The van der Waals surface area contributed by atoms with Crippen LogP contribution in [0.1, 0.15) is 39.4 Å². The lowest BCUT2D eigenvalue weighted by molar-refractivity contribution is 0.102. The highest BCUT2D eigenvalue weighted by atomic mass is 32.2. The first kappa shape index (κ1) is 18.4. The number of nitrogens with one attached hydrogen (secondary N) is 2. The van der Waals surface area contributed by atoms with E-state index in [2.05, 4.69) is 35.8 Å². The molecule has 132 valence electrons. The second kappa shape index (κ2) is 9.32. The smallest absolute Gasteiger partial charge is 0.255 e. The normalized spacial score (nSPS) is 15.1. The van der Waals surface area contributed by atoms with Crippen LogP contribution in [0.4, 0.5) is 5.69 Å². The summed E-state index contributed by atoms with van der Waals surface area (Å²) in [5.74, 6) is 2.39. The van der Waals surface area contributed by atoms with Crippen LogP contribution in [-0.2, 0) is 6.54 Å². The molecule has 0 atom stereocenters. The molecular weight excluding hydrogens is 348 g/mol. The molecule has 2 aromatic carbocycles. The topological polar surface area (TPSA) is 41.1 Å². The average Bonchev–Trinajstić information content (AvgIpc) is 2.67. The van der Waals surface area contributed by atoms with E-state index in [4.69, 9.17) is 0 Å². The summed E-state index contributed by atoms with van der Waals surface area (Å²) in [6.45, 7) is 3.83. The molecular formula is C20H24N2OS2. The van der Waals surface area contributed by atoms with Crippen LogP contribution in [0, 0.1) is 0 Å². The minimum Gasteiger partial charge on any atom is -0.322 e. The van der Waals surface area contributed by atoms with Crippen LogP contribution < -0.4 is 10.6 Å². The fourth-order valence-electron chi connectivity index (χ4n) is 2.70. The van der Waals surface area contributed by atoms with Crippen molar-refractivity contribution in [1.82, 2.24) is 5.32 Å². The second-order valence-electron chi connectivity index (χ2n) is 5.98. The van der Waals surface area contributed by atoms with E-state index in [0.29, 0.717) is 10.1 Å². The van der Waals surface area contributed by atoms with Crippen LogP contribution in [-0.4, -0.2) is 24.0 Å². The van der Waals surface area contributed by atoms with E-state index in [1.54, 1.807) is 0 Å². The number of benzene rings is 2. The molecule has 1 heterocycles. The summed E-state index contributed by atoms with van der Waals surface area (Å²) in [6.07, 6.45) is 1.29. The summed E-state index contributed by atoms with van der Waals surface area (Å²) in [5, 5.41) is 6.29. The molecule has 3 rings (SSSR count). The number of rotatable bonds is 6. The van der Waals surface area contributed by atoms with Gasteiger partial charge in [0.1, 0.15) is 0 Å².